The normalized spacial score (nSPS) is 24.4. The van der Waals surface area contributed by atoms with Crippen molar-refractivity contribution in [3.05, 3.63) is 137 Å². The highest BCUT2D eigenvalue weighted by atomic mass is 16.3. The summed E-state index contributed by atoms with van der Waals surface area (Å²) in [5, 5.41) is 13.1. The van der Waals surface area contributed by atoms with Gasteiger partial charge < -0.3 is 25.1 Å². The first-order valence-electron chi connectivity index (χ1n) is 20.0. The van der Waals surface area contributed by atoms with Gasteiger partial charge in [0, 0.05) is 74.4 Å². The van der Waals surface area contributed by atoms with Gasteiger partial charge in [-0.25, -0.2) is 0 Å². The van der Waals surface area contributed by atoms with E-state index in [1.165, 1.54) is 46.5 Å². The molecule has 2 unspecified atom stereocenters. The molecule has 3 saturated heterocycles. The Morgan fingerprint density at radius 2 is 1.54 bits per heavy atom. The number of piperidine rings is 1. The number of piperazine rings is 1. The predicted octanol–water partition coefficient (Wildman–Crippen LogP) is 7.04. The standard InChI is InChI=1S/C46H51N5O3/c1-31-7-18-43(45(53)47-31)51-30-36-27-38(13-16-42(36)46(51)54)49-25-23-48(24-26-49)21-19-32-20-22-50(29-32)37-11-8-34(9-12-37)44-40(33-5-3-2-4-6-33)15-10-35-28-39(52)14-17-41(35)44/h2-6,8-9,11-14,16-17,27-28,32,40,43-44,52H,1,7,10,15,18-26,29-30H2,(H,47,53)/t32?,40-,43?,44+/m1/s1. The number of amides is 2. The number of hydrogen-bond acceptors (Lipinski definition) is 6. The van der Waals surface area contributed by atoms with Crippen molar-refractivity contribution in [3.8, 4) is 5.75 Å². The lowest BCUT2D eigenvalue weighted by Crippen LogP contribution is -2.49. The van der Waals surface area contributed by atoms with E-state index >= 15 is 0 Å². The van der Waals surface area contributed by atoms with Gasteiger partial charge in [0.05, 0.1) is 0 Å². The number of nitrogens with one attached hydrogen (secondary N) is 1. The molecule has 2 N–H and O–H groups in total. The molecule has 2 amide bonds. The smallest absolute Gasteiger partial charge is 0.255 e. The fourth-order valence-corrected chi connectivity index (χ4v) is 9.91. The van der Waals surface area contributed by atoms with E-state index in [0.29, 0.717) is 37.0 Å². The third-order valence-electron chi connectivity index (χ3n) is 12.9. The first-order chi connectivity index (χ1) is 26.4. The molecule has 4 heterocycles. The molecule has 0 saturated carbocycles. The molecule has 5 aliphatic rings. The number of hydrogen-bond donors (Lipinski definition) is 2. The molecule has 0 aromatic heterocycles. The van der Waals surface area contributed by atoms with Crippen molar-refractivity contribution >= 4 is 23.2 Å². The number of fused-ring (bicyclic) bond motifs is 2. The molecular weight excluding hydrogens is 671 g/mol. The fraction of sp³-hybridized carbons (Fsp3) is 0.391. The number of aromatic hydroxyl groups is 1. The number of allylic oxidation sites excluding steroid dienone is 1. The molecular formula is C46H51N5O3. The molecule has 3 fully saturated rings. The van der Waals surface area contributed by atoms with E-state index in [0.717, 1.165) is 75.5 Å². The minimum absolute atomic E-state index is 0.0401. The van der Waals surface area contributed by atoms with E-state index in [-0.39, 0.29) is 17.7 Å². The summed E-state index contributed by atoms with van der Waals surface area (Å²) >= 11 is 0. The van der Waals surface area contributed by atoms with Crippen LogP contribution in [-0.2, 0) is 17.8 Å². The van der Waals surface area contributed by atoms with E-state index in [4.69, 9.17) is 0 Å². The summed E-state index contributed by atoms with van der Waals surface area (Å²) in [4.78, 5) is 35.2. The van der Waals surface area contributed by atoms with Crippen LogP contribution in [0.2, 0.25) is 0 Å². The molecule has 4 aliphatic heterocycles. The summed E-state index contributed by atoms with van der Waals surface area (Å²) in [5.74, 6) is 1.58. The first kappa shape index (κ1) is 34.7. The van der Waals surface area contributed by atoms with Crippen molar-refractivity contribution < 1.29 is 14.7 Å². The van der Waals surface area contributed by atoms with Gasteiger partial charge in [0.2, 0.25) is 5.91 Å². The molecule has 4 aromatic carbocycles. The summed E-state index contributed by atoms with van der Waals surface area (Å²) in [6.45, 7) is 11.8. The molecule has 54 heavy (non-hydrogen) atoms. The van der Waals surface area contributed by atoms with Crippen LogP contribution in [0, 0.1) is 5.92 Å². The Kier molecular flexibility index (Phi) is 9.39. The number of aryl methyl sites for hydroxylation is 1. The summed E-state index contributed by atoms with van der Waals surface area (Å²) in [5.41, 5.74) is 10.3. The third kappa shape index (κ3) is 6.77. The van der Waals surface area contributed by atoms with Crippen molar-refractivity contribution in [2.24, 2.45) is 5.92 Å². The van der Waals surface area contributed by atoms with Crippen molar-refractivity contribution in [1.82, 2.24) is 15.1 Å². The average Bonchev–Trinajstić information content (AvgIpc) is 3.81. The third-order valence-corrected chi connectivity index (χ3v) is 12.9. The summed E-state index contributed by atoms with van der Waals surface area (Å²) in [7, 11) is 0. The Hall–Kier alpha value is -5.08. The molecule has 0 spiro atoms. The lowest BCUT2D eigenvalue weighted by molar-refractivity contribution is -0.126. The summed E-state index contributed by atoms with van der Waals surface area (Å²) in [6.07, 6.45) is 5.86. The van der Waals surface area contributed by atoms with E-state index in [9.17, 15) is 14.7 Å². The van der Waals surface area contributed by atoms with Crippen molar-refractivity contribution in [2.75, 3.05) is 55.6 Å². The van der Waals surface area contributed by atoms with Crippen LogP contribution in [0.25, 0.3) is 0 Å². The van der Waals surface area contributed by atoms with Gasteiger partial charge in [-0.05, 0) is 127 Å². The first-order valence-corrected chi connectivity index (χ1v) is 20.0. The maximum Gasteiger partial charge on any atom is 0.255 e. The van der Waals surface area contributed by atoms with Gasteiger partial charge in [-0.3, -0.25) is 14.5 Å². The van der Waals surface area contributed by atoms with Gasteiger partial charge in [-0.1, -0.05) is 55.1 Å². The molecule has 0 radical (unpaired) electrons. The van der Waals surface area contributed by atoms with Crippen molar-refractivity contribution in [1.29, 1.82) is 0 Å². The second-order valence-corrected chi connectivity index (χ2v) is 16.1. The topological polar surface area (TPSA) is 79.4 Å². The Bertz CT molecular complexity index is 2040. The van der Waals surface area contributed by atoms with Crippen molar-refractivity contribution in [3.63, 3.8) is 0 Å². The van der Waals surface area contributed by atoms with Crippen LogP contribution in [0.15, 0.2) is 103 Å². The maximum absolute atomic E-state index is 13.2. The number of rotatable bonds is 8. The minimum Gasteiger partial charge on any atom is -0.508 e. The molecule has 4 atom stereocenters. The number of carbonyl (C=O) groups excluding carboxylic acids is 2. The number of anilines is 2. The lowest BCUT2D eigenvalue weighted by Gasteiger charge is -2.36. The molecule has 0 bridgehead atoms. The zero-order valence-corrected chi connectivity index (χ0v) is 31.1. The van der Waals surface area contributed by atoms with Crippen LogP contribution in [-0.4, -0.2) is 78.6 Å². The van der Waals surface area contributed by atoms with Gasteiger partial charge in [-0.2, -0.15) is 0 Å². The number of phenolic OH excluding ortho intramolecular Hbond substituents is 1. The number of nitrogens with zero attached hydrogens (tertiary/aromatic N) is 4. The zero-order valence-electron chi connectivity index (χ0n) is 31.1. The SMILES string of the molecule is C=C1CCC(N2Cc3cc(N4CCN(CCC5CCN(c6ccc([C@@H]7c8ccc(O)cc8CC[C@@H]7c7ccccc7)cc6)C5)CC4)ccc3C2=O)C(=O)N1. The Balaban J connectivity index is 0.777. The number of phenols is 1. The van der Waals surface area contributed by atoms with Crippen LogP contribution in [0.4, 0.5) is 11.4 Å². The van der Waals surface area contributed by atoms with Crippen LogP contribution in [0.1, 0.15) is 82.1 Å². The van der Waals surface area contributed by atoms with Crippen LogP contribution < -0.4 is 15.1 Å². The predicted molar refractivity (Wildman–Crippen MR) is 214 cm³/mol. The van der Waals surface area contributed by atoms with Crippen LogP contribution in [0.3, 0.4) is 0 Å². The fourth-order valence-electron chi connectivity index (χ4n) is 9.91. The largest absolute Gasteiger partial charge is 0.508 e. The van der Waals surface area contributed by atoms with Crippen molar-refractivity contribution in [2.45, 2.75) is 62.9 Å². The Labute approximate surface area is 319 Å². The highest BCUT2D eigenvalue weighted by Crippen LogP contribution is 2.47. The van der Waals surface area contributed by atoms with Crippen LogP contribution in [0.5, 0.6) is 5.75 Å². The number of carbonyl (C=O) groups is 2. The van der Waals surface area contributed by atoms with Gasteiger partial charge in [-0.15, -0.1) is 0 Å². The maximum atomic E-state index is 13.2. The average molecular weight is 722 g/mol. The van der Waals surface area contributed by atoms with Crippen LogP contribution >= 0.6 is 0 Å². The second-order valence-electron chi connectivity index (χ2n) is 16.1. The molecule has 1 aliphatic carbocycles. The van der Waals surface area contributed by atoms with E-state index in [1.54, 1.807) is 4.90 Å². The van der Waals surface area contributed by atoms with E-state index < -0.39 is 6.04 Å². The Morgan fingerprint density at radius 1 is 0.741 bits per heavy atom. The zero-order chi connectivity index (χ0) is 36.8. The molecule has 278 valence electrons. The second kappa shape index (κ2) is 14.6. The Morgan fingerprint density at radius 3 is 2.33 bits per heavy atom. The molecule has 8 heteroatoms. The minimum atomic E-state index is -0.425. The number of benzene rings is 4. The van der Waals surface area contributed by atoms with E-state index in [1.807, 2.05) is 18.2 Å². The molecule has 9 rings (SSSR count). The van der Waals surface area contributed by atoms with E-state index in [2.05, 4.69) is 99.4 Å². The highest BCUT2D eigenvalue weighted by Gasteiger charge is 2.38. The van der Waals surface area contributed by atoms with Gasteiger partial charge >= 0.3 is 0 Å². The van der Waals surface area contributed by atoms with Gasteiger partial charge in [0.15, 0.2) is 0 Å². The summed E-state index contributed by atoms with van der Waals surface area (Å²) < 4.78 is 0. The quantitative estimate of drug-likeness (QED) is 0.203. The lowest BCUT2D eigenvalue weighted by atomic mass is 9.69. The summed E-state index contributed by atoms with van der Waals surface area (Å²) in [6, 6.07) is 32.1. The highest BCUT2D eigenvalue weighted by molar-refractivity contribution is 6.01. The monoisotopic (exact) mass is 721 g/mol. The van der Waals surface area contributed by atoms with Gasteiger partial charge in [0.1, 0.15) is 11.8 Å². The van der Waals surface area contributed by atoms with Gasteiger partial charge in [0.25, 0.3) is 5.91 Å². The molecule has 8 nitrogen and oxygen atoms in total. The molecule has 4 aromatic rings.